The third kappa shape index (κ3) is 3.22. The monoisotopic (exact) mass is 380 g/mol. The van der Waals surface area contributed by atoms with Gasteiger partial charge in [0.05, 0.1) is 25.2 Å². The van der Waals surface area contributed by atoms with Gasteiger partial charge < -0.3 is 18.9 Å². The lowest BCUT2D eigenvalue weighted by Crippen LogP contribution is -2.18. The lowest BCUT2D eigenvalue weighted by atomic mass is 10.1. The number of rotatable bonds is 5. The molecule has 0 saturated heterocycles. The van der Waals surface area contributed by atoms with Crippen LogP contribution in [0.2, 0.25) is 0 Å². The topological polar surface area (TPSA) is 26.6 Å². The van der Waals surface area contributed by atoms with Crippen LogP contribution in [0.25, 0.3) is 5.69 Å². The second-order valence-electron chi connectivity index (χ2n) is 6.90. The van der Waals surface area contributed by atoms with E-state index in [1.165, 1.54) is 22.0 Å². The first-order valence-electron chi connectivity index (χ1n) is 8.95. The quantitative estimate of drug-likeness (QED) is 0.638. The Balaban J connectivity index is 1.88. The van der Waals surface area contributed by atoms with Gasteiger partial charge in [-0.05, 0) is 44.4 Å². The van der Waals surface area contributed by atoms with Gasteiger partial charge in [-0.15, -0.1) is 11.8 Å². The maximum Gasteiger partial charge on any atom is 0.127 e. The maximum absolute atomic E-state index is 5.70. The molecule has 1 aliphatic rings. The molecule has 0 spiro atoms. The van der Waals surface area contributed by atoms with Crippen LogP contribution in [-0.2, 0) is 6.54 Å². The Morgan fingerprint density at radius 3 is 2.56 bits per heavy atom. The molecule has 4 rings (SSSR count). The zero-order chi connectivity index (χ0) is 19.0. The second kappa shape index (κ2) is 7.33. The van der Waals surface area contributed by atoms with Crippen molar-refractivity contribution in [3.05, 3.63) is 71.5 Å². The molecule has 0 bridgehead atoms. The SMILES string of the molecule is COc1ccc([C@H]2Sc3ccccc3-n3c(CN(C)C)ccc32)c(OC)c1. The van der Waals surface area contributed by atoms with Crippen LogP contribution in [-0.4, -0.2) is 37.8 Å². The minimum Gasteiger partial charge on any atom is -0.497 e. The number of aromatic nitrogens is 1. The molecular formula is C22H24N2O2S. The molecule has 27 heavy (non-hydrogen) atoms. The van der Waals surface area contributed by atoms with E-state index >= 15 is 0 Å². The van der Waals surface area contributed by atoms with Gasteiger partial charge in [-0.3, -0.25) is 0 Å². The average molecular weight is 381 g/mol. The van der Waals surface area contributed by atoms with Crippen LogP contribution in [0.15, 0.2) is 59.5 Å². The van der Waals surface area contributed by atoms with E-state index in [0.717, 1.165) is 23.6 Å². The molecule has 0 amide bonds. The van der Waals surface area contributed by atoms with Crippen LogP contribution >= 0.6 is 11.8 Å². The van der Waals surface area contributed by atoms with Crippen molar-refractivity contribution >= 4 is 11.8 Å². The van der Waals surface area contributed by atoms with E-state index in [1.807, 2.05) is 23.9 Å². The third-order valence-corrected chi connectivity index (χ3v) is 6.14. The van der Waals surface area contributed by atoms with E-state index in [9.17, 15) is 0 Å². The van der Waals surface area contributed by atoms with Gasteiger partial charge in [0, 0.05) is 34.5 Å². The molecule has 1 atom stereocenters. The first-order valence-corrected chi connectivity index (χ1v) is 9.83. The molecule has 0 radical (unpaired) electrons. The van der Waals surface area contributed by atoms with Gasteiger partial charge in [0.15, 0.2) is 0 Å². The predicted molar refractivity (Wildman–Crippen MR) is 110 cm³/mol. The molecule has 4 nitrogen and oxygen atoms in total. The summed E-state index contributed by atoms with van der Waals surface area (Å²) < 4.78 is 13.5. The zero-order valence-electron chi connectivity index (χ0n) is 16.1. The summed E-state index contributed by atoms with van der Waals surface area (Å²) in [6, 6.07) is 19.2. The number of para-hydroxylation sites is 1. The molecule has 2 heterocycles. The fourth-order valence-electron chi connectivity index (χ4n) is 3.63. The third-order valence-electron chi connectivity index (χ3n) is 4.81. The summed E-state index contributed by atoms with van der Waals surface area (Å²) in [5, 5.41) is 0.164. The summed E-state index contributed by atoms with van der Waals surface area (Å²) >= 11 is 1.87. The summed E-state index contributed by atoms with van der Waals surface area (Å²) in [7, 11) is 7.61. The van der Waals surface area contributed by atoms with Crippen molar-refractivity contribution in [1.29, 1.82) is 0 Å². The normalized spacial score (nSPS) is 15.4. The molecule has 0 unspecified atom stereocenters. The van der Waals surface area contributed by atoms with E-state index in [-0.39, 0.29) is 5.25 Å². The summed E-state index contributed by atoms with van der Waals surface area (Å²) in [5.41, 5.74) is 4.98. The van der Waals surface area contributed by atoms with Crippen LogP contribution in [0.1, 0.15) is 22.2 Å². The second-order valence-corrected chi connectivity index (χ2v) is 8.04. The number of hydrogen-bond acceptors (Lipinski definition) is 4. The number of thioether (sulfide) groups is 1. The Labute approximate surface area is 164 Å². The first-order chi connectivity index (χ1) is 13.1. The van der Waals surface area contributed by atoms with Crippen molar-refractivity contribution in [2.24, 2.45) is 0 Å². The minimum atomic E-state index is 0.164. The van der Waals surface area contributed by atoms with Gasteiger partial charge in [-0.1, -0.05) is 18.2 Å². The largest absolute Gasteiger partial charge is 0.497 e. The molecule has 0 fully saturated rings. The Kier molecular flexibility index (Phi) is 4.89. The van der Waals surface area contributed by atoms with E-state index in [1.54, 1.807) is 14.2 Å². The number of nitrogens with zero attached hydrogens (tertiary/aromatic N) is 2. The van der Waals surface area contributed by atoms with Crippen molar-refractivity contribution < 1.29 is 9.47 Å². The van der Waals surface area contributed by atoms with Gasteiger partial charge >= 0.3 is 0 Å². The van der Waals surface area contributed by atoms with E-state index in [4.69, 9.17) is 9.47 Å². The van der Waals surface area contributed by atoms with Crippen molar-refractivity contribution in [3.63, 3.8) is 0 Å². The fourth-order valence-corrected chi connectivity index (χ4v) is 4.95. The highest BCUT2D eigenvalue weighted by atomic mass is 32.2. The summed E-state index contributed by atoms with van der Waals surface area (Å²) in [5.74, 6) is 1.66. The smallest absolute Gasteiger partial charge is 0.127 e. The number of fused-ring (bicyclic) bond motifs is 3. The number of ether oxygens (including phenoxy) is 2. The minimum absolute atomic E-state index is 0.164. The molecule has 1 aliphatic heterocycles. The zero-order valence-corrected chi connectivity index (χ0v) is 16.9. The van der Waals surface area contributed by atoms with Gasteiger partial charge in [0.25, 0.3) is 0 Å². The van der Waals surface area contributed by atoms with Crippen molar-refractivity contribution in [1.82, 2.24) is 9.47 Å². The first kappa shape index (κ1) is 18.0. The van der Waals surface area contributed by atoms with Gasteiger partial charge in [0.2, 0.25) is 0 Å². The number of hydrogen-bond donors (Lipinski definition) is 0. The summed E-state index contributed by atoms with van der Waals surface area (Å²) in [6.07, 6.45) is 0. The molecule has 5 heteroatoms. The van der Waals surface area contributed by atoms with Crippen LogP contribution in [0.5, 0.6) is 11.5 Å². The Bertz CT molecular complexity index is 965. The number of methoxy groups -OCH3 is 2. The fraction of sp³-hybridized carbons (Fsp3) is 0.273. The Morgan fingerprint density at radius 1 is 1.00 bits per heavy atom. The van der Waals surface area contributed by atoms with Crippen LogP contribution in [0.4, 0.5) is 0 Å². The Hall–Kier alpha value is -2.37. The summed E-state index contributed by atoms with van der Waals surface area (Å²) in [6.45, 7) is 0.894. The van der Waals surface area contributed by atoms with Crippen molar-refractivity contribution in [2.75, 3.05) is 28.3 Å². The highest BCUT2D eigenvalue weighted by Gasteiger charge is 2.30. The van der Waals surface area contributed by atoms with Crippen molar-refractivity contribution in [2.45, 2.75) is 16.7 Å². The lowest BCUT2D eigenvalue weighted by Gasteiger charge is -2.29. The van der Waals surface area contributed by atoms with Gasteiger partial charge in [-0.2, -0.15) is 0 Å². The average Bonchev–Trinajstić information content (AvgIpc) is 3.10. The Morgan fingerprint density at radius 2 is 1.81 bits per heavy atom. The highest BCUT2D eigenvalue weighted by molar-refractivity contribution is 8.00. The molecule has 2 aromatic carbocycles. The van der Waals surface area contributed by atoms with E-state index < -0.39 is 0 Å². The lowest BCUT2D eigenvalue weighted by molar-refractivity contribution is 0.390. The molecular weight excluding hydrogens is 356 g/mol. The molecule has 0 aliphatic carbocycles. The highest BCUT2D eigenvalue weighted by Crippen LogP contribution is 2.50. The molecule has 140 valence electrons. The molecule has 1 aromatic heterocycles. The van der Waals surface area contributed by atoms with Crippen LogP contribution in [0.3, 0.4) is 0 Å². The standard InChI is InChI=1S/C22H24N2O2S/c1-23(2)14-15-9-12-19-22(17-11-10-16(25-3)13-20(17)26-4)27-21-8-6-5-7-18(21)24(15)19/h5-13,22H,14H2,1-4H3/t22-/m1/s1. The number of benzene rings is 2. The predicted octanol–water partition coefficient (Wildman–Crippen LogP) is 4.75. The van der Waals surface area contributed by atoms with Gasteiger partial charge in [0.1, 0.15) is 11.5 Å². The molecule has 3 aromatic rings. The maximum atomic E-state index is 5.70. The van der Waals surface area contributed by atoms with E-state index in [2.05, 4.69) is 66.0 Å². The van der Waals surface area contributed by atoms with E-state index in [0.29, 0.717) is 0 Å². The molecule has 0 N–H and O–H groups in total. The van der Waals surface area contributed by atoms with Crippen LogP contribution < -0.4 is 9.47 Å². The van der Waals surface area contributed by atoms with Crippen LogP contribution in [0, 0.1) is 0 Å². The van der Waals surface area contributed by atoms with Crippen molar-refractivity contribution in [3.8, 4) is 17.2 Å². The molecule has 0 saturated carbocycles. The summed E-state index contributed by atoms with van der Waals surface area (Å²) in [4.78, 5) is 3.49. The van der Waals surface area contributed by atoms with Gasteiger partial charge in [-0.25, -0.2) is 0 Å².